The minimum atomic E-state index is -0.575. The Bertz CT molecular complexity index is 640. The molecule has 2 aliphatic carbocycles. The SMILES string of the molecule is C=C1N(CC(=O)C2=CCCC=C2)C(=O)[C@@](C)(C2CCC(C)CC2)N1C. The van der Waals surface area contributed by atoms with Crippen molar-refractivity contribution in [2.45, 2.75) is 57.9 Å². The first-order valence-corrected chi connectivity index (χ1v) is 9.50. The highest BCUT2D eigenvalue weighted by molar-refractivity contribution is 6.03. The zero-order valence-corrected chi connectivity index (χ0v) is 15.8. The molecule has 0 aromatic rings. The van der Waals surface area contributed by atoms with E-state index in [1.165, 1.54) is 12.8 Å². The summed E-state index contributed by atoms with van der Waals surface area (Å²) in [5.74, 6) is 1.76. The Morgan fingerprint density at radius 1 is 1.28 bits per heavy atom. The van der Waals surface area contributed by atoms with Crippen LogP contribution in [0, 0.1) is 11.8 Å². The lowest BCUT2D eigenvalue weighted by atomic mass is 9.72. The van der Waals surface area contributed by atoms with Crippen LogP contribution in [0.1, 0.15) is 52.4 Å². The average molecular weight is 342 g/mol. The Hall–Kier alpha value is -1.84. The topological polar surface area (TPSA) is 40.6 Å². The van der Waals surface area contributed by atoms with Gasteiger partial charge in [0.2, 0.25) is 0 Å². The maximum absolute atomic E-state index is 13.3. The van der Waals surface area contributed by atoms with Crippen LogP contribution in [0.4, 0.5) is 0 Å². The molecule has 25 heavy (non-hydrogen) atoms. The maximum atomic E-state index is 13.3. The minimum Gasteiger partial charge on any atom is -0.347 e. The molecule has 0 aromatic heterocycles. The van der Waals surface area contributed by atoms with Gasteiger partial charge in [0.1, 0.15) is 11.4 Å². The second-order valence-electron chi connectivity index (χ2n) is 8.03. The molecule has 1 amide bonds. The molecule has 136 valence electrons. The van der Waals surface area contributed by atoms with E-state index in [1.807, 2.05) is 37.1 Å². The number of amides is 1. The van der Waals surface area contributed by atoms with E-state index in [-0.39, 0.29) is 18.2 Å². The minimum absolute atomic E-state index is 0.000339. The lowest BCUT2D eigenvalue weighted by molar-refractivity contribution is -0.137. The lowest BCUT2D eigenvalue weighted by Crippen LogP contribution is -2.52. The van der Waals surface area contributed by atoms with E-state index in [0.717, 1.165) is 37.2 Å². The molecule has 2 fully saturated rings. The van der Waals surface area contributed by atoms with Crippen molar-refractivity contribution in [3.8, 4) is 0 Å². The van der Waals surface area contributed by atoms with Crippen molar-refractivity contribution in [1.82, 2.24) is 9.80 Å². The molecule has 3 rings (SSSR count). The normalized spacial score (nSPS) is 33.0. The number of hydrogen-bond acceptors (Lipinski definition) is 3. The van der Waals surface area contributed by atoms with Gasteiger partial charge in [-0.2, -0.15) is 0 Å². The standard InChI is InChI=1S/C21H30N2O2/c1-15-10-12-18(13-11-15)21(3)20(25)23(16(2)22(21)4)14-19(24)17-8-6-5-7-9-17/h6,8-9,15,18H,2,5,7,10-14H2,1,3-4H3/t15?,18?,21-/m1/s1. The number of carbonyl (C=O) groups is 2. The number of likely N-dealkylation sites (N-methyl/N-ethyl adjacent to an activating group) is 1. The first-order chi connectivity index (χ1) is 11.9. The van der Waals surface area contributed by atoms with Crippen LogP contribution in [0.2, 0.25) is 0 Å². The fraction of sp³-hybridized carbons (Fsp3) is 0.619. The van der Waals surface area contributed by atoms with Crippen LogP contribution < -0.4 is 0 Å². The molecule has 4 heteroatoms. The van der Waals surface area contributed by atoms with Crippen molar-refractivity contribution in [2.75, 3.05) is 13.6 Å². The summed E-state index contributed by atoms with van der Waals surface area (Å²) in [5.41, 5.74) is 0.142. The second-order valence-corrected chi connectivity index (χ2v) is 8.03. The van der Waals surface area contributed by atoms with Crippen LogP contribution in [0.3, 0.4) is 0 Å². The van der Waals surface area contributed by atoms with E-state index < -0.39 is 5.54 Å². The highest BCUT2D eigenvalue weighted by atomic mass is 16.2. The predicted molar refractivity (Wildman–Crippen MR) is 99.6 cm³/mol. The molecule has 0 N–H and O–H groups in total. The van der Waals surface area contributed by atoms with E-state index in [4.69, 9.17) is 0 Å². The van der Waals surface area contributed by atoms with Crippen molar-refractivity contribution in [3.05, 3.63) is 36.2 Å². The zero-order valence-electron chi connectivity index (χ0n) is 15.8. The number of carbonyl (C=O) groups excluding carboxylic acids is 2. The molecule has 0 radical (unpaired) electrons. The summed E-state index contributed by atoms with van der Waals surface area (Å²) in [6.45, 7) is 8.52. The quantitative estimate of drug-likeness (QED) is 0.783. The second kappa shape index (κ2) is 6.81. The molecule has 1 saturated carbocycles. The van der Waals surface area contributed by atoms with E-state index in [0.29, 0.717) is 11.7 Å². The fourth-order valence-electron chi connectivity index (χ4n) is 4.47. The molecule has 1 saturated heterocycles. The molecule has 3 aliphatic rings. The lowest BCUT2D eigenvalue weighted by Gasteiger charge is -2.41. The van der Waals surface area contributed by atoms with Crippen molar-refractivity contribution in [2.24, 2.45) is 11.8 Å². The molecular weight excluding hydrogens is 312 g/mol. The molecule has 0 aromatic carbocycles. The van der Waals surface area contributed by atoms with Gasteiger partial charge < -0.3 is 4.90 Å². The van der Waals surface area contributed by atoms with Crippen LogP contribution in [-0.4, -0.2) is 40.6 Å². The van der Waals surface area contributed by atoms with Gasteiger partial charge in [-0.25, -0.2) is 0 Å². The number of nitrogens with zero attached hydrogens (tertiary/aromatic N) is 2. The molecule has 0 spiro atoms. The van der Waals surface area contributed by atoms with Crippen molar-refractivity contribution in [3.63, 3.8) is 0 Å². The zero-order chi connectivity index (χ0) is 18.2. The Balaban J connectivity index is 1.77. The molecular formula is C21H30N2O2. The third-order valence-electron chi connectivity index (χ3n) is 6.50. The predicted octanol–water partition coefficient (Wildman–Crippen LogP) is 3.66. The van der Waals surface area contributed by atoms with Crippen molar-refractivity contribution < 1.29 is 9.59 Å². The van der Waals surface area contributed by atoms with Crippen molar-refractivity contribution >= 4 is 11.7 Å². The van der Waals surface area contributed by atoms with Gasteiger partial charge in [0.05, 0.1) is 6.54 Å². The van der Waals surface area contributed by atoms with Gasteiger partial charge in [0.25, 0.3) is 5.91 Å². The third-order valence-corrected chi connectivity index (χ3v) is 6.50. The number of rotatable bonds is 4. The van der Waals surface area contributed by atoms with Gasteiger partial charge >= 0.3 is 0 Å². The summed E-state index contributed by atoms with van der Waals surface area (Å²) in [6, 6.07) is 0. The third kappa shape index (κ3) is 3.07. The van der Waals surface area contributed by atoms with Crippen LogP contribution in [-0.2, 0) is 9.59 Å². The Kier molecular flexibility index (Phi) is 4.90. The molecule has 1 atom stereocenters. The largest absolute Gasteiger partial charge is 0.347 e. The van der Waals surface area contributed by atoms with Crippen LogP contribution in [0.15, 0.2) is 36.2 Å². The summed E-state index contributed by atoms with van der Waals surface area (Å²) < 4.78 is 0. The van der Waals surface area contributed by atoms with Gasteiger partial charge in [-0.3, -0.25) is 14.5 Å². The first-order valence-electron chi connectivity index (χ1n) is 9.50. The van der Waals surface area contributed by atoms with E-state index in [2.05, 4.69) is 13.5 Å². The highest BCUT2D eigenvalue weighted by Crippen LogP contribution is 2.44. The smallest absolute Gasteiger partial charge is 0.254 e. The monoisotopic (exact) mass is 342 g/mol. The Morgan fingerprint density at radius 3 is 2.56 bits per heavy atom. The number of allylic oxidation sites excluding steroid dienone is 3. The molecule has 1 heterocycles. The summed E-state index contributed by atoms with van der Waals surface area (Å²) in [5, 5.41) is 0. The van der Waals surface area contributed by atoms with Crippen LogP contribution in [0.5, 0.6) is 0 Å². The van der Waals surface area contributed by atoms with E-state index in [9.17, 15) is 9.59 Å². The molecule has 4 nitrogen and oxygen atoms in total. The number of ketones is 1. The maximum Gasteiger partial charge on any atom is 0.254 e. The highest BCUT2D eigenvalue weighted by Gasteiger charge is 2.54. The van der Waals surface area contributed by atoms with Gasteiger partial charge in [-0.15, -0.1) is 0 Å². The first kappa shape index (κ1) is 18.0. The van der Waals surface area contributed by atoms with E-state index >= 15 is 0 Å². The van der Waals surface area contributed by atoms with Gasteiger partial charge in [-0.1, -0.05) is 44.6 Å². The summed E-state index contributed by atoms with van der Waals surface area (Å²) >= 11 is 0. The number of hydrogen-bond donors (Lipinski definition) is 0. The summed E-state index contributed by atoms with van der Waals surface area (Å²) in [6.07, 6.45) is 12.2. The van der Waals surface area contributed by atoms with Gasteiger partial charge in [-0.05, 0) is 44.4 Å². The van der Waals surface area contributed by atoms with Gasteiger partial charge in [0, 0.05) is 12.6 Å². The molecule has 0 unspecified atom stereocenters. The Labute approximate surface area is 151 Å². The molecule has 0 bridgehead atoms. The van der Waals surface area contributed by atoms with Gasteiger partial charge in [0.15, 0.2) is 5.78 Å². The average Bonchev–Trinajstić information content (AvgIpc) is 2.79. The van der Waals surface area contributed by atoms with Crippen LogP contribution >= 0.6 is 0 Å². The van der Waals surface area contributed by atoms with Crippen LogP contribution in [0.25, 0.3) is 0 Å². The summed E-state index contributed by atoms with van der Waals surface area (Å²) in [4.78, 5) is 29.5. The molecule has 1 aliphatic heterocycles. The summed E-state index contributed by atoms with van der Waals surface area (Å²) in [7, 11) is 1.95. The Morgan fingerprint density at radius 2 is 1.96 bits per heavy atom. The fourth-order valence-corrected chi connectivity index (χ4v) is 4.47. The van der Waals surface area contributed by atoms with E-state index in [1.54, 1.807) is 4.90 Å². The van der Waals surface area contributed by atoms with Crippen molar-refractivity contribution in [1.29, 1.82) is 0 Å². The number of Topliss-reactive ketones (excluding diaryl/α,β-unsaturated/α-hetero) is 1.